The first-order valence-corrected chi connectivity index (χ1v) is 7.51. The molecule has 0 radical (unpaired) electrons. The highest BCUT2D eigenvalue weighted by atomic mass is 16.5. The smallest absolute Gasteiger partial charge is 0.164 e. The van der Waals surface area contributed by atoms with E-state index in [4.69, 9.17) is 4.74 Å². The van der Waals surface area contributed by atoms with Gasteiger partial charge in [-0.15, -0.1) is 0 Å². The van der Waals surface area contributed by atoms with Gasteiger partial charge in [-0.05, 0) is 18.2 Å². The molecule has 4 rings (SSSR count). The number of nitrogens with zero attached hydrogens (tertiary/aromatic N) is 3. The Labute approximate surface area is 133 Å². The van der Waals surface area contributed by atoms with Gasteiger partial charge in [0.15, 0.2) is 5.65 Å². The number of para-hydroxylation sites is 1. The highest BCUT2D eigenvalue weighted by molar-refractivity contribution is 5.85. The lowest BCUT2D eigenvalue weighted by molar-refractivity contribution is 0.00911. The van der Waals surface area contributed by atoms with E-state index in [1.165, 1.54) is 6.33 Å². The third kappa shape index (κ3) is 2.47. The standard InChI is InChI=1S/C17H16N4O2/c22-17(7-9-23-14-6-2-1-5-13(14)17)10-19-16-12-4-3-8-18-15(12)20-11-21-16/h1-6,8,11,22H,7,9-10H2,(H,18,19,20,21). The molecule has 2 aromatic heterocycles. The Bertz CT molecular complexity index is 849. The predicted molar refractivity (Wildman–Crippen MR) is 86.3 cm³/mol. The first-order chi connectivity index (χ1) is 11.3. The van der Waals surface area contributed by atoms with Crippen molar-refractivity contribution in [2.75, 3.05) is 18.5 Å². The van der Waals surface area contributed by atoms with Crippen LogP contribution in [0.15, 0.2) is 48.9 Å². The van der Waals surface area contributed by atoms with Crippen LogP contribution in [0.1, 0.15) is 12.0 Å². The Morgan fingerprint density at radius 1 is 1.13 bits per heavy atom. The molecule has 23 heavy (non-hydrogen) atoms. The molecule has 1 unspecified atom stereocenters. The molecule has 2 N–H and O–H groups in total. The number of rotatable bonds is 3. The molecule has 3 heterocycles. The van der Waals surface area contributed by atoms with E-state index in [1.54, 1.807) is 6.20 Å². The van der Waals surface area contributed by atoms with Crippen LogP contribution in [0.2, 0.25) is 0 Å². The number of hydrogen-bond donors (Lipinski definition) is 2. The number of fused-ring (bicyclic) bond motifs is 2. The second-order valence-corrected chi connectivity index (χ2v) is 5.58. The number of nitrogens with one attached hydrogen (secondary N) is 1. The molecule has 6 heteroatoms. The van der Waals surface area contributed by atoms with E-state index in [9.17, 15) is 5.11 Å². The highest BCUT2D eigenvalue weighted by Crippen LogP contribution is 2.37. The minimum Gasteiger partial charge on any atom is -0.493 e. The lowest BCUT2D eigenvalue weighted by atomic mass is 9.88. The third-order valence-electron chi connectivity index (χ3n) is 4.12. The molecule has 1 atom stereocenters. The average molecular weight is 308 g/mol. The largest absolute Gasteiger partial charge is 0.493 e. The van der Waals surface area contributed by atoms with Crippen LogP contribution < -0.4 is 10.1 Å². The van der Waals surface area contributed by atoms with Gasteiger partial charge in [0.1, 0.15) is 23.5 Å². The van der Waals surface area contributed by atoms with Crippen molar-refractivity contribution in [2.24, 2.45) is 0 Å². The molecule has 0 aliphatic carbocycles. The van der Waals surface area contributed by atoms with E-state index < -0.39 is 5.60 Å². The molecule has 0 fully saturated rings. The van der Waals surface area contributed by atoms with Crippen molar-refractivity contribution in [1.29, 1.82) is 0 Å². The van der Waals surface area contributed by atoms with Crippen molar-refractivity contribution in [3.8, 4) is 5.75 Å². The zero-order valence-corrected chi connectivity index (χ0v) is 12.4. The number of anilines is 1. The van der Waals surface area contributed by atoms with Gasteiger partial charge in [0.2, 0.25) is 0 Å². The molecule has 6 nitrogen and oxygen atoms in total. The maximum atomic E-state index is 11.1. The van der Waals surface area contributed by atoms with E-state index in [0.717, 1.165) is 16.7 Å². The van der Waals surface area contributed by atoms with Gasteiger partial charge >= 0.3 is 0 Å². The summed E-state index contributed by atoms with van der Waals surface area (Å²) in [5.74, 6) is 1.40. The zero-order chi connectivity index (χ0) is 15.7. The Morgan fingerprint density at radius 2 is 2.04 bits per heavy atom. The molecule has 1 aliphatic rings. The fourth-order valence-electron chi connectivity index (χ4n) is 2.89. The van der Waals surface area contributed by atoms with Crippen LogP contribution in [0.25, 0.3) is 11.0 Å². The number of ether oxygens (including phenoxy) is 1. The molecule has 0 spiro atoms. The van der Waals surface area contributed by atoms with Crippen molar-refractivity contribution in [3.63, 3.8) is 0 Å². The maximum Gasteiger partial charge on any atom is 0.164 e. The molecule has 116 valence electrons. The van der Waals surface area contributed by atoms with Crippen molar-refractivity contribution in [2.45, 2.75) is 12.0 Å². The molecule has 0 amide bonds. The van der Waals surface area contributed by atoms with Gasteiger partial charge in [-0.2, -0.15) is 0 Å². The Kier molecular flexibility index (Phi) is 3.31. The van der Waals surface area contributed by atoms with E-state index in [2.05, 4.69) is 20.3 Å². The minimum absolute atomic E-state index is 0.342. The normalized spacial score (nSPS) is 19.9. The Balaban J connectivity index is 1.64. The summed E-state index contributed by atoms with van der Waals surface area (Å²) in [7, 11) is 0. The van der Waals surface area contributed by atoms with Crippen molar-refractivity contribution in [3.05, 3.63) is 54.5 Å². The summed E-state index contributed by atoms with van der Waals surface area (Å²) in [6.07, 6.45) is 3.69. The van der Waals surface area contributed by atoms with Gasteiger partial charge in [0.05, 0.1) is 12.0 Å². The number of benzene rings is 1. The molecular weight excluding hydrogens is 292 g/mol. The first-order valence-electron chi connectivity index (χ1n) is 7.51. The Hall–Kier alpha value is -2.73. The van der Waals surface area contributed by atoms with Crippen LogP contribution >= 0.6 is 0 Å². The summed E-state index contributed by atoms with van der Waals surface area (Å²) in [6, 6.07) is 11.3. The quantitative estimate of drug-likeness (QED) is 0.771. The van der Waals surface area contributed by atoms with Crippen molar-refractivity contribution in [1.82, 2.24) is 15.0 Å². The van der Waals surface area contributed by atoms with E-state index >= 15 is 0 Å². The van der Waals surface area contributed by atoms with Gasteiger partial charge in [-0.1, -0.05) is 18.2 Å². The van der Waals surface area contributed by atoms with Gasteiger partial charge in [0, 0.05) is 24.7 Å². The minimum atomic E-state index is -0.992. The van der Waals surface area contributed by atoms with Crippen LogP contribution in [-0.2, 0) is 5.60 Å². The van der Waals surface area contributed by atoms with Gasteiger partial charge < -0.3 is 15.2 Å². The van der Waals surface area contributed by atoms with Crippen LogP contribution in [0, 0.1) is 0 Å². The molecular formula is C17H16N4O2. The summed E-state index contributed by atoms with van der Waals surface area (Å²) in [5.41, 5.74) is 0.438. The van der Waals surface area contributed by atoms with Crippen molar-refractivity contribution < 1.29 is 9.84 Å². The topological polar surface area (TPSA) is 80.2 Å². The van der Waals surface area contributed by atoms with Crippen LogP contribution in [0.4, 0.5) is 5.82 Å². The number of hydrogen-bond acceptors (Lipinski definition) is 6. The highest BCUT2D eigenvalue weighted by Gasteiger charge is 2.35. The first kappa shape index (κ1) is 13.9. The maximum absolute atomic E-state index is 11.1. The zero-order valence-electron chi connectivity index (χ0n) is 12.4. The van der Waals surface area contributed by atoms with E-state index in [0.29, 0.717) is 31.0 Å². The summed E-state index contributed by atoms with van der Waals surface area (Å²) in [5, 5.41) is 15.1. The molecule has 0 saturated carbocycles. The Morgan fingerprint density at radius 3 is 3.00 bits per heavy atom. The van der Waals surface area contributed by atoms with Crippen LogP contribution in [-0.4, -0.2) is 33.2 Å². The van der Waals surface area contributed by atoms with Crippen molar-refractivity contribution >= 4 is 16.9 Å². The van der Waals surface area contributed by atoms with Gasteiger partial charge in [-0.3, -0.25) is 0 Å². The molecule has 1 aromatic carbocycles. The molecule has 1 aliphatic heterocycles. The van der Waals surface area contributed by atoms with Crippen LogP contribution in [0.5, 0.6) is 5.75 Å². The SMILES string of the molecule is OC1(CNc2ncnc3ncccc23)CCOc2ccccc21. The molecule has 3 aromatic rings. The number of aromatic nitrogens is 3. The van der Waals surface area contributed by atoms with E-state index in [-0.39, 0.29) is 0 Å². The molecule has 0 bridgehead atoms. The monoisotopic (exact) mass is 308 g/mol. The second-order valence-electron chi connectivity index (χ2n) is 5.58. The number of aliphatic hydroxyl groups is 1. The van der Waals surface area contributed by atoms with Crippen LogP contribution in [0.3, 0.4) is 0 Å². The predicted octanol–water partition coefficient (Wildman–Crippen LogP) is 2.11. The molecule has 0 saturated heterocycles. The van der Waals surface area contributed by atoms with Gasteiger partial charge in [-0.25, -0.2) is 15.0 Å². The lowest BCUT2D eigenvalue weighted by Crippen LogP contribution is -2.39. The third-order valence-corrected chi connectivity index (χ3v) is 4.12. The second kappa shape index (κ2) is 5.48. The summed E-state index contributed by atoms with van der Waals surface area (Å²) in [4.78, 5) is 12.6. The van der Waals surface area contributed by atoms with E-state index in [1.807, 2.05) is 36.4 Å². The summed E-state index contributed by atoms with van der Waals surface area (Å²) in [6.45, 7) is 0.829. The summed E-state index contributed by atoms with van der Waals surface area (Å²) < 4.78 is 5.62. The summed E-state index contributed by atoms with van der Waals surface area (Å²) >= 11 is 0. The fraction of sp³-hybridized carbons (Fsp3) is 0.235. The fourth-order valence-corrected chi connectivity index (χ4v) is 2.89. The average Bonchev–Trinajstić information content (AvgIpc) is 2.60. The van der Waals surface area contributed by atoms with Gasteiger partial charge in [0.25, 0.3) is 0 Å². The lowest BCUT2D eigenvalue weighted by Gasteiger charge is -2.34. The number of pyridine rings is 1.